The van der Waals surface area contributed by atoms with Gasteiger partial charge in [0.2, 0.25) is 0 Å². The molecule has 1 aromatic rings. The standard InChI is InChI=1S/C22H30N2O3/c1-4-20-10-7-12-24-13-11-21(17(20)24)15-8-5-6-9-16(15)23(2)18(21)22(26,14-20)19(25)27-3/h5-6,8-9,17-18,26H,4,7,10-14H2,1-3H3/t17-,18-,20-,21+,22+/m0/s1. The first-order valence-electron chi connectivity index (χ1n) is 10.3. The summed E-state index contributed by atoms with van der Waals surface area (Å²) in [5, 5.41) is 12.0. The number of piperidine rings is 1. The normalized spacial score (nSPS) is 42.4. The van der Waals surface area contributed by atoms with Crippen molar-refractivity contribution in [3.8, 4) is 0 Å². The van der Waals surface area contributed by atoms with Gasteiger partial charge in [0.1, 0.15) is 0 Å². The lowest BCUT2D eigenvalue weighted by Crippen LogP contribution is -2.75. The number of anilines is 1. The van der Waals surface area contributed by atoms with Gasteiger partial charge in [-0.15, -0.1) is 0 Å². The number of likely N-dealkylation sites (N-methyl/N-ethyl adjacent to an activating group) is 1. The van der Waals surface area contributed by atoms with Gasteiger partial charge in [-0.05, 0) is 62.2 Å². The summed E-state index contributed by atoms with van der Waals surface area (Å²) in [5.74, 6) is -0.471. The smallest absolute Gasteiger partial charge is 0.340 e. The number of aliphatic hydroxyl groups is 1. The van der Waals surface area contributed by atoms with E-state index >= 15 is 0 Å². The van der Waals surface area contributed by atoms with Gasteiger partial charge in [-0.2, -0.15) is 0 Å². The van der Waals surface area contributed by atoms with E-state index in [0.29, 0.717) is 12.5 Å². The van der Waals surface area contributed by atoms with Crippen LogP contribution in [0.5, 0.6) is 0 Å². The van der Waals surface area contributed by atoms with Crippen LogP contribution in [-0.2, 0) is 14.9 Å². The fraction of sp³-hybridized carbons (Fsp3) is 0.682. The molecule has 3 heterocycles. The van der Waals surface area contributed by atoms with Crippen LogP contribution in [0, 0.1) is 5.41 Å². The molecule has 1 saturated carbocycles. The molecule has 2 saturated heterocycles. The monoisotopic (exact) mass is 370 g/mol. The highest BCUT2D eigenvalue weighted by Crippen LogP contribution is 2.67. The number of benzene rings is 1. The Kier molecular flexibility index (Phi) is 3.55. The molecule has 0 amide bonds. The van der Waals surface area contributed by atoms with E-state index in [4.69, 9.17) is 4.74 Å². The second-order valence-electron chi connectivity index (χ2n) is 9.17. The van der Waals surface area contributed by atoms with E-state index in [1.54, 1.807) is 0 Å². The molecule has 27 heavy (non-hydrogen) atoms. The van der Waals surface area contributed by atoms with Gasteiger partial charge in [-0.1, -0.05) is 25.1 Å². The summed E-state index contributed by atoms with van der Waals surface area (Å²) in [6.07, 6.45) is 4.68. The number of methoxy groups -OCH3 is 1. The number of fused-ring (bicyclic) bond motifs is 1. The van der Waals surface area contributed by atoms with Crippen LogP contribution in [0.25, 0.3) is 0 Å². The van der Waals surface area contributed by atoms with Crippen LogP contribution in [-0.4, -0.2) is 60.9 Å². The third kappa shape index (κ3) is 1.85. The molecule has 0 bridgehead atoms. The van der Waals surface area contributed by atoms with Gasteiger partial charge in [0, 0.05) is 24.2 Å². The Hall–Kier alpha value is -1.59. The number of hydrogen-bond acceptors (Lipinski definition) is 5. The molecule has 5 nitrogen and oxygen atoms in total. The Morgan fingerprint density at radius 2 is 2.04 bits per heavy atom. The average molecular weight is 370 g/mol. The molecule has 5 heteroatoms. The highest BCUT2D eigenvalue weighted by atomic mass is 16.5. The maximum Gasteiger partial charge on any atom is 0.340 e. The predicted molar refractivity (Wildman–Crippen MR) is 104 cm³/mol. The Bertz CT molecular complexity index is 798. The number of hydrogen-bond donors (Lipinski definition) is 1. The lowest BCUT2D eigenvalue weighted by Gasteiger charge is -2.62. The lowest BCUT2D eigenvalue weighted by molar-refractivity contribution is -0.188. The zero-order chi connectivity index (χ0) is 19.0. The molecule has 1 aliphatic carbocycles. The van der Waals surface area contributed by atoms with E-state index in [2.05, 4.69) is 41.0 Å². The SMILES string of the molecule is CC[C@]12CCCN3CC[C@@]4(c5ccccc5N(C)[C@@H]4[C@@](O)(C(=O)OC)C1)[C@@H]32. The molecule has 1 N–H and O–H groups in total. The number of rotatable bonds is 2. The maximum absolute atomic E-state index is 13.0. The van der Waals surface area contributed by atoms with Gasteiger partial charge in [0.15, 0.2) is 5.60 Å². The van der Waals surface area contributed by atoms with Crippen molar-refractivity contribution >= 4 is 11.7 Å². The zero-order valence-electron chi connectivity index (χ0n) is 16.6. The maximum atomic E-state index is 13.0. The molecular weight excluding hydrogens is 340 g/mol. The summed E-state index contributed by atoms with van der Waals surface area (Å²) < 4.78 is 5.19. The third-order valence-corrected chi connectivity index (χ3v) is 8.34. The van der Waals surface area contributed by atoms with Crippen molar-refractivity contribution in [3.05, 3.63) is 29.8 Å². The molecule has 146 valence electrons. The van der Waals surface area contributed by atoms with Crippen molar-refractivity contribution in [2.45, 2.75) is 62.1 Å². The number of esters is 1. The topological polar surface area (TPSA) is 53.0 Å². The molecular formula is C22H30N2O3. The molecule has 0 unspecified atom stereocenters. The fourth-order valence-electron chi connectivity index (χ4n) is 7.66. The molecule has 1 aromatic carbocycles. The van der Waals surface area contributed by atoms with Crippen molar-refractivity contribution in [2.24, 2.45) is 5.41 Å². The highest BCUT2D eigenvalue weighted by molar-refractivity contribution is 5.84. The summed E-state index contributed by atoms with van der Waals surface area (Å²) in [6.45, 7) is 4.41. The van der Waals surface area contributed by atoms with Gasteiger partial charge in [0.05, 0.1) is 13.2 Å². The largest absolute Gasteiger partial charge is 0.467 e. The number of carbonyl (C=O) groups excluding carboxylic acids is 1. The minimum Gasteiger partial charge on any atom is -0.467 e. The lowest BCUT2D eigenvalue weighted by atomic mass is 9.48. The van der Waals surface area contributed by atoms with Gasteiger partial charge in [0.25, 0.3) is 0 Å². The van der Waals surface area contributed by atoms with Crippen LogP contribution in [0.3, 0.4) is 0 Å². The molecule has 0 aromatic heterocycles. The van der Waals surface area contributed by atoms with Gasteiger partial charge < -0.3 is 14.7 Å². The number of ether oxygens (including phenoxy) is 1. The Balaban J connectivity index is 1.81. The molecule has 3 aliphatic heterocycles. The van der Waals surface area contributed by atoms with Crippen LogP contribution in [0.2, 0.25) is 0 Å². The third-order valence-electron chi connectivity index (χ3n) is 8.34. The summed E-state index contributed by atoms with van der Waals surface area (Å²) in [4.78, 5) is 17.8. The fourth-order valence-corrected chi connectivity index (χ4v) is 7.66. The van der Waals surface area contributed by atoms with Crippen LogP contribution in [0.15, 0.2) is 24.3 Å². The Labute approximate surface area is 161 Å². The van der Waals surface area contributed by atoms with Crippen molar-refractivity contribution in [1.29, 1.82) is 0 Å². The van der Waals surface area contributed by atoms with Gasteiger partial charge in [-0.25, -0.2) is 4.79 Å². The van der Waals surface area contributed by atoms with Crippen molar-refractivity contribution in [2.75, 3.05) is 32.1 Å². The number of para-hydroxylation sites is 1. The molecule has 5 rings (SSSR count). The van der Waals surface area contributed by atoms with E-state index in [9.17, 15) is 9.90 Å². The van der Waals surface area contributed by atoms with E-state index in [1.165, 1.54) is 12.7 Å². The summed E-state index contributed by atoms with van der Waals surface area (Å²) in [7, 11) is 3.44. The minimum atomic E-state index is -1.48. The first-order chi connectivity index (χ1) is 12.9. The summed E-state index contributed by atoms with van der Waals surface area (Å²) in [5.41, 5.74) is 0.716. The van der Waals surface area contributed by atoms with Gasteiger partial charge >= 0.3 is 5.97 Å². The molecule has 4 aliphatic rings. The quantitative estimate of drug-likeness (QED) is 0.810. The van der Waals surface area contributed by atoms with Crippen LogP contribution in [0.1, 0.15) is 44.6 Å². The molecule has 0 radical (unpaired) electrons. The predicted octanol–water partition coefficient (Wildman–Crippen LogP) is 2.32. The Morgan fingerprint density at radius 1 is 1.26 bits per heavy atom. The van der Waals surface area contributed by atoms with E-state index in [-0.39, 0.29) is 16.9 Å². The number of nitrogens with zero attached hydrogens (tertiary/aromatic N) is 2. The first-order valence-corrected chi connectivity index (χ1v) is 10.3. The first kappa shape index (κ1) is 17.5. The van der Waals surface area contributed by atoms with Crippen molar-refractivity contribution in [1.82, 2.24) is 4.90 Å². The highest BCUT2D eigenvalue weighted by Gasteiger charge is 2.75. The molecule has 5 atom stereocenters. The second-order valence-corrected chi connectivity index (χ2v) is 9.17. The second kappa shape index (κ2) is 5.48. The van der Waals surface area contributed by atoms with E-state index in [1.807, 2.05) is 7.05 Å². The Morgan fingerprint density at radius 3 is 2.78 bits per heavy atom. The minimum absolute atomic E-state index is 0.0491. The van der Waals surface area contributed by atoms with Crippen LogP contribution in [0.4, 0.5) is 5.69 Å². The number of carbonyl (C=O) groups is 1. The zero-order valence-corrected chi connectivity index (χ0v) is 16.6. The van der Waals surface area contributed by atoms with Crippen LogP contribution >= 0.6 is 0 Å². The van der Waals surface area contributed by atoms with E-state index in [0.717, 1.165) is 44.5 Å². The summed E-state index contributed by atoms with van der Waals surface area (Å²) in [6, 6.07) is 8.63. The van der Waals surface area contributed by atoms with Crippen molar-refractivity contribution < 1.29 is 14.6 Å². The average Bonchev–Trinajstić information content (AvgIpc) is 3.20. The van der Waals surface area contributed by atoms with Crippen LogP contribution < -0.4 is 4.90 Å². The summed E-state index contributed by atoms with van der Waals surface area (Å²) >= 11 is 0. The van der Waals surface area contributed by atoms with E-state index < -0.39 is 11.6 Å². The van der Waals surface area contributed by atoms with Gasteiger partial charge in [-0.3, -0.25) is 4.90 Å². The molecule has 1 spiro atoms. The van der Waals surface area contributed by atoms with Crippen molar-refractivity contribution in [3.63, 3.8) is 0 Å². The molecule has 3 fully saturated rings.